The first kappa shape index (κ1) is 24.1. The molecule has 0 bridgehead atoms. The summed E-state index contributed by atoms with van der Waals surface area (Å²) in [4.78, 5) is 12.7. The zero-order valence-electron chi connectivity index (χ0n) is 17.2. The molecule has 0 atom stereocenters. The smallest absolute Gasteiger partial charge is 0.315 e. The molecule has 0 saturated carbocycles. The predicted octanol–water partition coefficient (Wildman–Crippen LogP) is 4.01. The average Bonchev–Trinajstić information content (AvgIpc) is 2.73. The molecule has 0 fully saturated rings. The molecular weight excluding hydrogens is 429 g/mol. The van der Waals surface area contributed by atoms with Crippen molar-refractivity contribution in [1.29, 1.82) is 0 Å². The highest BCUT2D eigenvalue weighted by atomic mass is 32.2. The summed E-state index contributed by atoms with van der Waals surface area (Å²) >= 11 is 0. The summed E-state index contributed by atoms with van der Waals surface area (Å²) in [6.07, 6.45) is 4.91. The van der Waals surface area contributed by atoms with Crippen LogP contribution in [0.1, 0.15) is 38.2 Å². The number of nitro benzene ring substituents is 1. The third kappa shape index (κ3) is 6.92. The third-order valence-corrected chi connectivity index (χ3v) is 5.47. The first-order chi connectivity index (χ1) is 14.8. The second-order valence-electron chi connectivity index (χ2n) is 6.54. The first-order valence-electron chi connectivity index (χ1n) is 9.58. The molecule has 11 heteroatoms. The molecule has 0 saturated heterocycles. The Morgan fingerprint density at radius 3 is 2.52 bits per heavy atom. The number of halogens is 1. The quantitative estimate of drug-likeness (QED) is 0.224. The predicted molar refractivity (Wildman–Crippen MR) is 114 cm³/mol. The summed E-state index contributed by atoms with van der Waals surface area (Å²) < 4.78 is 48.1. The molecule has 0 aliphatic heterocycles. The lowest BCUT2D eigenvalue weighted by molar-refractivity contribution is -0.386. The third-order valence-electron chi connectivity index (χ3n) is 4.23. The molecule has 0 heterocycles. The molecule has 2 aromatic rings. The van der Waals surface area contributed by atoms with E-state index in [1.807, 2.05) is 4.83 Å². The van der Waals surface area contributed by atoms with E-state index < -0.39 is 20.8 Å². The molecule has 0 amide bonds. The van der Waals surface area contributed by atoms with Gasteiger partial charge in [-0.3, -0.25) is 10.1 Å². The number of ether oxygens (including phenoxy) is 2. The summed E-state index contributed by atoms with van der Waals surface area (Å²) in [5, 5.41) is 15.1. The zero-order chi connectivity index (χ0) is 22.9. The van der Waals surface area contributed by atoms with Gasteiger partial charge in [0.2, 0.25) is 5.75 Å². The molecular formula is C20H24FN3O6S. The molecule has 2 aromatic carbocycles. The van der Waals surface area contributed by atoms with Crippen molar-refractivity contribution < 1.29 is 27.2 Å². The molecule has 0 unspecified atom stereocenters. The molecule has 168 valence electrons. The van der Waals surface area contributed by atoms with E-state index in [0.29, 0.717) is 6.61 Å². The van der Waals surface area contributed by atoms with Crippen molar-refractivity contribution in [3.05, 3.63) is 57.9 Å². The van der Waals surface area contributed by atoms with Gasteiger partial charge in [-0.25, -0.2) is 9.22 Å². The number of methoxy groups -OCH3 is 1. The highest BCUT2D eigenvalue weighted by Gasteiger charge is 2.22. The summed E-state index contributed by atoms with van der Waals surface area (Å²) in [7, 11) is -2.67. The molecule has 31 heavy (non-hydrogen) atoms. The van der Waals surface area contributed by atoms with Gasteiger partial charge in [0.25, 0.3) is 10.0 Å². The van der Waals surface area contributed by atoms with Crippen molar-refractivity contribution in [2.24, 2.45) is 5.10 Å². The van der Waals surface area contributed by atoms with E-state index in [0.717, 1.165) is 56.2 Å². The summed E-state index contributed by atoms with van der Waals surface area (Å²) in [5.41, 5.74) is -0.0960. The number of hydrogen-bond donors (Lipinski definition) is 1. The molecule has 1 N–H and O–H groups in total. The highest BCUT2D eigenvalue weighted by molar-refractivity contribution is 7.89. The van der Waals surface area contributed by atoms with E-state index >= 15 is 0 Å². The van der Waals surface area contributed by atoms with Gasteiger partial charge in [0.05, 0.1) is 29.8 Å². The number of rotatable bonds is 12. The zero-order valence-corrected chi connectivity index (χ0v) is 18.0. The number of nitro groups is 1. The van der Waals surface area contributed by atoms with Crippen LogP contribution in [0.25, 0.3) is 0 Å². The number of unbranched alkanes of at least 4 members (excludes halogenated alkanes) is 3. The average molecular weight is 453 g/mol. The molecule has 9 nitrogen and oxygen atoms in total. The van der Waals surface area contributed by atoms with Gasteiger partial charge in [0.1, 0.15) is 5.82 Å². The van der Waals surface area contributed by atoms with E-state index in [4.69, 9.17) is 9.47 Å². The highest BCUT2D eigenvalue weighted by Crippen LogP contribution is 2.38. The van der Waals surface area contributed by atoms with Gasteiger partial charge in [-0.1, -0.05) is 26.2 Å². The number of sulfonamides is 1. The van der Waals surface area contributed by atoms with Crippen molar-refractivity contribution >= 4 is 21.9 Å². The van der Waals surface area contributed by atoms with Gasteiger partial charge < -0.3 is 9.47 Å². The molecule has 0 spiro atoms. The van der Waals surface area contributed by atoms with Gasteiger partial charge in [-0.2, -0.15) is 13.5 Å². The van der Waals surface area contributed by atoms with Crippen LogP contribution >= 0.6 is 0 Å². The summed E-state index contributed by atoms with van der Waals surface area (Å²) in [6, 6.07) is 6.85. The van der Waals surface area contributed by atoms with Crippen LogP contribution in [0.15, 0.2) is 46.4 Å². The first-order valence-corrected chi connectivity index (χ1v) is 11.1. The van der Waals surface area contributed by atoms with Crippen LogP contribution in [0.5, 0.6) is 11.5 Å². The maximum atomic E-state index is 13.0. The van der Waals surface area contributed by atoms with Crippen LogP contribution in [0.4, 0.5) is 10.1 Å². The van der Waals surface area contributed by atoms with Crippen molar-refractivity contribution in [2.45, 2.75) is 37.5 Å². The Hall–Kier alpha value is -3.21. The summed E-state index contributed by atoms with van der Waals surface area (Å²) in [6.45, 7) is 2.39. The number of nitrogens with one attached hydrogen (secondary N) is 1. The topological polar surface area (TPSA) is 120 Å². The van der Waals surface area contributed by atoms with Crippen LogP contribution in [0, 0.1) is 15.9 Å². The Morgan fingerprint density at radius 2 is 1.90 bits per heavy atom. The molecule has 2 rings (SSSR count). The lowest BCUT2D eigenvalue weighted by Gasteiger charge is -2.12. The van der Waals surface area contributed by atoms with E-state index in [1.165, 1.54) is 19.2 Å². The van der Waals surface area contributed by atoms with Gasteiger partial charge in [0.15, 0.2) is 5.75 Å². The maximum Gasteiger partial charge on any atom is 0.315 e. The minimum Gasteiger partial charge on any atom is -0.493 e. The lowest BCUT2D eigenvalue weighted by Crippen LogP contribution is -2.18. The molecule has 0 aliphatic carbocycles. The van der Waals surface area contributed by atoms with Crippen LogP contribution in [-0.2, 0) is 10.0 Å². The van der Waals surface area contributed by atoms with Crippen LogP contribution in [0.2, 0.25) is 0 Å². The monoisotopic (exact) mass is 453 g/mol. The van der Waals surface area contributed by atoms with E-state index in [1.54, 1.807) is 0 Å². The standard InChI is InChI=1S/C20H24FN3O6S/c1-3-4-5-6-11-30-20-18(24(25)26)12-15(13-19(20)29-2)14-22-23-31(27,28)17-9-7-16(21)8-10-17/h7-10,12-14,23H,3-6,11H2,1-2H3/b22-14+. The van der Waals surface area contributed by atoms with Crippen molar-refractivity contribution in [3.63, 3.8) is 0 Å². The number of hydrazone groups is 1. The van der Waals surface area contributed by atoms with Crippen molar-refractivity contribution in [2.75, 3.05) is 13.7 Å². The van der Waals surface area contributed by atoms with Crippen molar-refractivity contribution in [1.82, 2.24) is 4.83 Å². The Bertz CT molecular complexity index is 1030. The molecule has 0 radical (unpaired) electrons. The van der Waals surface area contributed by atoms with E-state index in [9.17, 15) is 22.9 Å². The fraction of sp³-hybridized carbons (Fsp3) is 0.350. The van der Waals surface area contributed by atoms with E-state index in [2.05, 4.69) is 12.0 Å². The Labute approximate surface area is 180 Å². The number of benzene rings is 2. The molecule has 0 aliphatic rings. The maximum absolute atomic E-state index is 13.0. The Balaban J connectivity index is 2.19. The minimum absolute atomic E-state index is 0.00745. The fourth-order valence-electron chi connectivity index (χ4n) is 2.65. The largest absolute Gasteiger partial charge is 0.493 e. The van der Waals surface area contributed by atoms with Gasteiger partial charge in [-0.05, 0) is 36.8 Å². The number of nitrogens with zero attached hydrogens (tertiary/aromatic N) is 2. The normalized spacial score (nSPS) is 11.5. The SMILES string of the molecule is CCCCCCOc1c(OC)cc(/C=N/NS(=O)(=O)c2ccc(F)cc2)cc1[N+](=O)[O-]. The van der Waals surface area contributed by atoms with Gasteiger partial charge in [0, 0.05) is 11.6 Å². The van der Waals surface area contributed by atoms with E-state index in [-0.39, 0.29) is 27.6 Å². The second-order valence-corrected chi connectivity index (χ2v) is 8.21. The van der Waals surface area contributed by atoms with Crippen LogP contribution in [0.3, 0.4) is 0 Å². The lowest BCUT2D eigenvalue weighted by atomic mass is 10.1. The number of hydrogen-bond acceptors (Lipinski definition) is 7. The van der Waals surface area contributed by atoms with Gasteiger partial charge >= 0.3 is 5.69 Å². The Morgan fingerprint density at radius 1 is 1.19 bits per heavy atom. The minimum atomic E-state index is -4.02. The van der Waals surface area contributed by atoms with Crippen LogP contribution < -0.4 is 14.3 Å². The Kier molecular flexibility index (Phi) is 8.74. The van der Waals surface area contributed by atoms with Gasteiger partial charge in [-0.15, -0.1) is 0 Å². The summed E-state index contributed by atoms with van der Waals surface area (Å²) in [5.74, 6) is -0.435. The molecule has 0 aromatic heterocycles. The van der Waals surface area contributed by atoms with Crippen LogP contribution in [-0.4, -0.2) is 33.3 Å². The fourth-order valence-corrected chi connectivity index (χ4v) is 3.45. The second kappa shape index (κ2) is 11.3. The van der Waals surface area contributed by atoms with Crippen molar-refractivity contribution in [3.8, 4) is 11.5 Å².